The Hall–Kier alpha value is -1.70. The van der Waals surface area contributed by atoms with Crippen molar-refractivity contribution >= 4 is 5.69 Å². The molecule has 2 nitrogen and oxygen atoms in total. The number of benzene rings is 1. The molecule has 0 aromatic heterocycles. The lowest BCUT2D eigenvalue weighted by molar-refractivity contribution is 0.279. The molecule has 2 heteroatoms. The SMILES string of the molecule is CCC1=C2C3Nc4ccccc4C3CCN2CC=C1. The molecule has 2 unspecified atom stereocenters. The third kappa shape index (κ3) is 1.55. The van der Waals surface area contributed by atoms with E-state index in [-0.39, 0.29) is 0 Å². The topological polar surface area (TPSA) is 15.3 Å². The monoisotopic (exact) mass is 252 g/mol. The Kier molecular flexibility index (Phi) is 2.44. The van der Waals surface area contributed by atoms with Gasteiger partial charge in [0.25, 0.3) is 0 Å². The van der Waals surface area contributed by atoms with E-state index in [4.69, 9.17) is 0 Å². The lowest BCUT2D eigenvalue weighted by Crippen LogP contribution is -2.43. The van der Waals surface area contributed by atoms with Crippen LogP contribution in [-0.2, 0) is 0 Å². The number of allylic oxidation sites excluding steroid dienone is 2. The average molecular weight is 252 g/mol. The molecule has 4 rings (SSSR count). The van der Waals surface area contributed by atoms with Crippen LogP contribution in [0.2, 0.25) is 0 Å². The molecule has 0 spiro atoms. The van der Waals surface area contributed by atoms with Gasteiger partial charge in [-0.15, -0.1) is 0 Å². The van der Waals surface area contributed by atoms with Gasteiger partial charge >= 0.3 is 0 Å². The standard InChI is InChI=1S/C17H20N2/c1-2-12-6-5-10-19-11-9-14-13-7-3-4-8-15(13)18-16(14)17(12)19/h3-8,14,16,18H,2,9-11H2,1H3. The third-order valence-corrected chi connectivity index (χ3v) is 4.77. The van der Waals surface area contributed by atoms with E-state index in [1.165, 1.54) is 29.8 Å². The van der Waals surface area contributed by atoms with Crippen LogP contribution < -0.4 is 5.32 Å². The number of hydrogen-bond donors (Lipinski definition) is 1. The average Bonchev–Trinajstić information content (AvgIpc) is 2.85. The third-order valence-electron chi connectivity index (χ3n) is 4.77. The molecule has 1 N–H and O–H groups in total. The van der Waals surface area contributed by atoms with Crippen LogP contribution in [0.25, 0.3) is 0 Å². The fourth-order valence-corrected chi connectivity index (χ4v) is 3.89. The van der Waals surface area contributed by atoms with Gasteiger partial charge in [0.15, 0.2) is 0 Å². The van der Waals surface area contributed by atoms with Crippen LogP contribution >= 0.6 is 0 Å². The van der Waals surface area contributed by atoms with E-state index in [0.29, 0.717) is 12.0 Å². The Balaban J connectivity index is 1.80. The Morgan fingerprint density at radius 1 is 1.32 bits per heavy atom. The van der Waals surface area contributed by atoms with E-state index in [0.717, 1.165) is 13.0 Å². The van der Waals surface area contributed by atoms with Crippen molar-refractivity contribution in [1.82, 2.24) is 4.90 Å². The van der Waals surface area contributed by atoms with E-state index >= 15 is 0 Å². The van der Waals surface area contributed by atoms with Crippen LogP contribution in [0.4, 0.5) is 5.69 Å². The maximum absolute atomic E-state index is 3.77. The van der Waals surface area contributed by atoms with Gasteiger partial charge in [0, 0.05) is 30.4 Å². The summed E-state index contributed by atoms with van der Waals surface area (Å²) in [5.74, 6) is 0.662. The van der Waals surface area contributed by atoms with Crippen LogP contribution in [0.5, 0.6) is 0 Å². The second-order valence-electron chi connectivity index (χ2n) is 5.72. The van der Waals surface area contributed by atoms with Gasteiger partial charge < -0.3 is 10.2 Å². The Bertz CT molecular complexity index is 570. The number of nitrogens with one attached hydrogen (secondary N) is 1. The van der Waals surface area contributed by atoms with Crippen LogP contribution in [-0.4, -0.2) is 24.0 Å². The highest BCUT2D eigenvalue weighted by atomic mass is 15.2. The summed E-state index contributed by atoms with van der Waals surface area (Å²) in [4.78, 5) is 2.57. The smallest absolute Gasteiger partial charge is 0.0734 e. The predicted molar refractivity (Wildman–Crippen MR) is 79.2 cm³/mol. The molecule has 19 heavy (non-hydrogen) atoms. The zero-order chi connectivity index (χ0) is 12.8. The van der Waals surface area contributed by atoms with E-state index < -0.39 is 0 Å². The zero-order valence-electron chi connectivity index (χ0n) is 11.4. The first kappa shape index (κ1) is 11.2. The van der Waals surface area contributed by atoms with Gasteiger partial charge in [0.2, 0.25) is 0 Å². The zero-order valence-corrected chi connectivity index (χ0v) is 11.4. The summed E-state index contributed by atoms with van der Waals surface area (Å²) in [7, 11) is 0. The fraction of sp³-hybridized carbons (Fsp3) is 0.412. The number of para-hydroxylation sites is 1. The minimum absolute atomic E-state index is 0.492. The molecular formula is C17H20N2. The maximum Gasteiger partial charge on any atom is 0.0734 e. The summed E-state index contributed by atoms with van der Waals surface area (Å²) in [5, 5.41) is 3.77. The van der Waals surface area contributed by atoms with Crippen LogP contribution in [0.3, 0.4) is 0 Å². The molecule has 1 aromatic carbocycles. The first-order valence-electron chi connectivity index (χ1n) is 7.38. The van der Waals surface area contributed by atoms with Crippen LogP contribution in [0, 0.1) is 0 Å². The van der Waals surface area contributed by atoms with E-state index in [1.807, 2.05) is 0 Å². The summed E-state index contributed by atoms with van der Waals surface area (Å²) in [6.45, 7) is 4.54. The summed E-state index contributed by atoms with van der Waals surface area (Å²) < 4.78 is 0. The largest absolute Gasteiger partial charge is 0.376 e. The highest BCUT2D eigenvalue weighted by Gasteiger charge is 2.40. The molecule has 0 aliphatic carbocycles. The van der Waals surface area contributed by atoms with Gasteiger partial charge in [0.1, 0.15) is 0 Å². The molecule has 3 aliphatic heterocycles. The fourth-order valence-electron chi connectivity index (χ4n) is 3.89. The predicted octanol–water partition coefficient (Wildman–Crippen LogP) is 3.50. The molecule has 2 atom stereocenters. The minimum atomic E-state index is 0.492. The summed E-state index contributed by atoms with van der Waals surface area (Å²) >= 11 is 0. The quantitative estimate of drug-likeness (QED) is 0.823. The van der Waals surface area contributed by atoms with Crippen molar-refractivity contribution in [2.24, 2.45) is 0 Å². The van der Waals surface area contributed by atoms with Crippen LogP contribution in [0.1, 0.15) is 31.2 Å². The molecule has 3 aliphatic rings. The molecule has 0 amide bonds. The number of nitrogens with zero attached hydrogens (tertiary/aromatic N) is 1. The normalized spacial score (nSPS) is 27.7. The molecule has 1 aromatic rings. The first-order chi connectivity index (χ1) is 9.38. The highest BCUT2D eigenvalue weighted by molar-refractivity contribution is 5.62. The van der Waals surface area contributed by atoms with Crippen LogP contribution in [0.15, 0.2) is 47.7 Å². The number of hydrogen-bond acceptors (Lipinski definition) is 2. The molecule has 3 heterocycles. The summed E-state index contributed by atoms with van der Waals surface area (Å²) in [6.07, 6.45) is 7.04. The maximum atomic E-state index is 3.77. The molecule has 1 saturated heterocycles. The minimum Gasteiger partial charge on any atom is -0.376 e. The van der Waals surface area contributed by atoms with Gasteiger partial charge in [-0.1, -0.05) is 37.3 Å². The van der Waals surface area contributed by atoms with Crippen molar-refractivity contribution in [2.45, 2.75) is 31.7 Å². The van der Waals surface area contributed by atoms with Crippen molar-refractivity contribution in [3.63, 3.8) is 0 Å². The number of fused-ring (bicyclic) bond motifs is 5. The van der Waals surface area contributed by atoms with E-state index in [2.05, 4.69) is 53.6 Å². The van der Waals surface area contributed by atoms with Crippen molar-refractivity contribution in [1.29, 1.82) is 0 Å². The number of anilines is 1. The second kappa shape index (κ2) is 4.16. The molecule has 0 saturated carbocycles. The Morgan fingerprint density at radius 3 is 3.11 bits per heavy atom. The van der Waals surface area contributed by atoms with Gasteiger partial charge in [-0.05, 0) is 30.0 Å². The Morgan fingerprint density at radius 2 is 2.21 bits per heavy atom. The molecular weight excluding hydrogens is 232 g/mol. The van der Waals surface area contributed by atoms with Gasteiger partial charge in [-0.25, -0.2) is 0 Å². The van der Waals surface area contributed by atoms with E-state index in [1.54, 1.807) is 5.70 Å². The van der Waals surface area contributed by atoms with Gasteiger partial charge in [-0.2, -0.15) is 0 Å². The lowest BCUT2D eigenvalue weighted by atomic mass is 9.83. The highest BCUT2D eigenvalue weighted by Crippen LogP contribution is 2.46. The number of rotatable bonds is 1. The van der Waals surface area contributed by atoms with Gasteiger partial charge in [-0.3, -0.25) is 0 Å². The Labute approximate surface area is 114 Å². The van der Waals surface area contributed by atoms with Crippen molar-refractivity contribution in [2.75, 3.05) is 18.4 Å². The lowest BCUT2D eigenvalue weighted by Gasteiger charge is -2.41. The van der Waals surface area contributed by atoms with Crippen molar-refractivity contribution in [3.8, 4) is 0 Å². The van der Waals surface area contributed by atoms with Crippen molar-refractivity contribution < 1.29 is 0 Å². The molecule has 0 radical (unpaired) electrons. The number of piperidine rings is 1. The van der Waals surface area contributed by atoms with E-state index in [9.17, 15) is 0 Å². The molecule has 1 fully saturated rings. The summed E-state index contributed by atoms with van der Waals surface area (Å²) in [6, 6.07) is 9.32. The molecule has 0 bridgehead atoms. The van der Waals surface area contributed by atoms with Gasteiger partial charge in [0.05, 0.1) is 6.04 Å². The first-order valence-corrected chi connectivity index (χ1v) is 7.38. The second-order valence-corrected chi connectivity index (χ2v) is 5.72. The summed E-state index contributed by atoms with van der Waals surface area (Å²) in [5.41, 5.74) is 5.93. The van der Waals surface area contributed by atoms with Crippen molar-refractivity contribution in [3.05, 3.63) is 53.3 Å². The molecule has 98 valence electrons.